The number of benzene rings is 2. The van der Waals surface area contributed by atoms with Crippen molar-refractivity contribution in [3.63, 3.8) is 0 Å². The first kappa shape index (κ1) is 14.6. The summed E-state index contributed by atoms with van der Waals surface area (Å²) in [7, 11) is -2.82. The Morgan fingerprint density at radius 2 is 1.95 bits per heavy atom. The van der Waals surface area contributed by atoms with Crippen LogP contribution in [0.25, 0.3) is 0 Å². The van der Waals surface area contributed by atoms with Crippen molar-refractivity contribution in [2.45, 2.75) is 6.61 Å². The zero-order valence-electron chi connectivity index (χ0n) is 11.4. The maximum absolute atomic E-state index is 9.67. The van der Waals surface area contributed by atoms with Gasteiger partial charge in [0, 0.05) is 5.46 Å². The van der Waals surface area contributed by atoms with Crippen LogP contribution in [-0.4, -0.2) is 29.3 Å². The lowest BCUT2D eigenvalue weighted by Gasteiger charge is -2.13. The van der Waals surface area contributed by atoms with E-state index in [0.717, 1.165) is 5.56 Å². The first-order chi connectivity index (χ1) is 10.6. The molecule has 3 N–H and O–H groups in total. The molecule has 1 aliphatic heterocycles. The first-order valence-electron chi connectivity index (χ1n) is 6.59. The largest absolute Gasteiger partial charge is 0.492 e. The number of rotatable bonds is 3. The van der Waals surface area contributed by atoms with E-state index in [1.807, 2.05) is 6.07 Å². The predicted octanol–water partition coefficient (Wildman–Crippen LogP) is -0.752. The molecule has 2 aromatic rings. The predicted molar refractivity (Wildman–Crippen MR) is 79.9 cm³/mol. The van der Waals surface area contributed by atoms with Gasteiger partial charge in [0.2, 0.25) is 0 Å². The summed E-state index contributed by atoms with van der Waals surface area (Å²) >= 11 is 0. The molecule has 22 heavy (non-hydrogen) atoms. The molecular weight excluding hydrogens is 284 g/mol. The minimum Gasteiger partial charge on any atom is -0.458 e. The van der Waals surface area contributed by atoms with E-state index < -0.39 is 14.2 Å². The van der Waals surface area contributed by atoms with E-state index in [1.54, 1.807) is 30.3 Å². The average Bonchev–Trinajstić information content (AvgIpc) is 2.88. The third kappa shape index (κ3) is 2.71. The maximum Gasteiger partial charge on any atom is 0.492 e. The third-order valence-electron chi connectivity index (χ3n) is 3.42. The fraction of sp³-hybridized carbons (Fsp3) is 0.0714. The fourth-order valence-corrected chi connectivity index (χ4v) is 2.28. The summed E-state index contributed by atoms with van der Waals surface area (Å²) < 4.78 is 10.8. The third-order valence-corrected chi connectivity index (χ3v) is 3.42. The highest BCUT2D eigenvalue weighted by Gasteiger charge is 2.31. The molecule has 0 spiro atoms. The van der Waals surface area contributed by atoms with Gasteiger partial charge in [0.05, 0.1) is 18.2 Å². The molecule has 0 saturated carbocycles. The van der Waals surface area contributed by atoms with Crippen molar-refractivity contribution in [3.8, 4) is 17.6 Å². The van der Waals surface area contributed by atoms with Gasteiger partial charge in [-0.05, 0) is 41.4 Å². The molecule has 0 unspecified atom stereocenters. The zero-order valence-corrected chi connectivity index (χ0v) is 11.4. The Morgan fingerprint density at radius 1 is 1.23 bits per heavy atom. The van der Waals surface area contributed by atoms with Crippen LogP contribution in [0, 0.1) is 11.3 Å². The summed E-state index contributed by atoms with van der Waals surface area (Å²) in [6.45, 7) is 0.224. The van der Waals surface area contributed by atoms with Crippen LogP contribution >= 0.6 is 0 Å². The average molecular weight is 295 g/mol. The topological polar surface area (TPSA) is 103 Å². The fourth-order valence-electron chi connectivity index (χ4n) is 2.28. The number of hydrogen-bond donors (Lipinski definition) is 3. The first-order valence-corrected chi connectivity index (χ1v) is 6.59. The Bertz CT molecular complexity index is 742. The quantitative estimate of drug-likeness (QED) is 0.644. The number of fused-ring (bicyclic) bond motifs is 1. The maximum atomic E-state index is 9.67. The summed E-state index contributed by atoms with van der Waals surface area (Å²) in [4.78, 5) is 0. The minimum atomic E-state index is -1.74. The van der Waals surface area contributed by atoms with Crippen molar-refractivity contribution in [2.24, 2.45) is 0 Å². The molecule has 1 aliphatic rings. The molecule has 0 amide bonds. The van der Waals surface area contributed by atoms with Crippen LogP contribution in [0.3, 0.4) is 0 Å². The van der Waals surface area contributed by atoms with Crippen molar-refractivity contribution < 1.29 is 24.5 Å². The van der Waals surface area contributed by atoms with E-state index in [4.69, 9.17) is 14.7 Å². The molecule has 108 valence electrons. The zero-order chi connectivity index (χ0) is 15.7. The molecule has 0 fully saturated rings. The van der Waals surface area contributed by atoms with E-state index in [1.165, 1.54) is 6.07 Å². The Kier molecular flexibility index (Phi) is 3.88. The van der Waals surface area contributed by atoms with Gasteiger partial charge in [-0.25, -0.2) is 0 Å². The van der Waals surface area contributed by atoms with E-state index in [9.17, 15) is 15.1 Å². The molecule has 0 aromatic heterocycles. The summed E-state index contributed by atoms with van der Waals surface area (Å²) in [5.74, 6) is 0.719. The molecule has 1 heterocycles. The van der Waals surface area contributed by atoms with Gasteiger partial charge in [-0.15, -0.1) is 0 Å². The van der Waals surface area contributed by atoms with Gasteiger partial charge in [-0.1, -0.05) is 6.07 Å². The second kappa shape index (κ2) is 5.83. The number of hydrogen-bond acceptors (Lipinski definition) is 6. The molecule has 0 radical (unpaired) electrons. The summed E-state index contributed by atoms with van der Waals surface area (Å²) in [6, 6.07) is 11.5. The lowest BCUT2D eigenvalue weighted by Crippen LogP contribution is -2.37. The molecule has 6 nitrogen and oxygen atoms in total. The van der Waals surface area contributed by atoms with E-state index in [-0.39, 0.29) is 17.8 Å². The molecule has 0 atom stereocenters. The second-order valence-corrected chi connectivity index (χ2v) is 4.86. The normalized spacial score (nSPS) is 12.7. The number of nitriles is 1. The highest BCUT2D eigenvalue weighted by atomic mass is 16.5. The number of ether oxygens (including phenoxy) is 1. The summed E-state index contributed by atoms with van der Waals surface area (Å²) in [5, 5.41) is 37.4. The van der Waals surface area contributed by atoms with Crippen molar-refractivity contribution in [2.75, 3.05) is 0 Å². The molecular formula is C14H11B2NO5. The Hall–Kier alpha value is -2.30. The van der Waals surface area contributed by atoms with Crippen LogP contribution in [0.15, 0.2) is 36.4 Å². The molecule has 0 saturated heterocycles. The van der Waals surface area contributed by atoms with Gasteiger partial charge in [-0.3, -0.25) is 0 Å². The molecule has 0 bridgehead atoms. The smallest absolute Gasteiger partial charge is 0.458 e. The van der Waals surface area contributed by atoms with Crippen LogP contribution in [0.5, 0.6) is 11.5 Å². The highest BCUT2D eigenvalue weighted by molar-refractivity contribution is 6.65. The van der Waals surface area contributed by atoms with Crippen molar-refractivity contribution in [1.29, 1.82) is 5.26 Å². The van der Waals surface area contributed by atoms with Gasteiger partial charge in [0.25, 0.3) is 0 Å². The summed E-state index contributed by atoms with van der Waals surface area (Å²) in [5.41, 5.74) is 1.85. The van der Waals surface area contributed by atoms with Crippen LogP contribution in [-0.2, 0) is 11.3 Å². The standard InChI is InChI=1S/C14H11B2NO5/c17-7-9-1-3-11(4-2-9)22-14-5-10-8-21-16(20)12(10)6-13(14)15(18)19/h1-6,18-20H,8H2. The number of nitrogens with zero attached hydrogens (tertiary/aromatic N) is 1. The second-order valence-electron chi connectivity index (χ2n) is 4.86. The van der Waals surface area contributed by atoms with Crippen LogP contribution in [0.4, 0.5) is 0 Å². The van der Waals surface area contributed by atoms with Crippen molar-refractivity contribution in [3.05, 3.63) is 47.5 Å². The molecule has 0 aliphatic carbocycles. The van der Waals surface area contributed by atoms with E-state index >= 15 is 0 Å². The van der Waals surface area contributed by atoms with Crippen LogP contribution < -0.4 is 15.7 Å². The van der Waals surface area contributed by atoms with Crippen molar-refractivity contribution in [1.82, 2.24) is 0 Å². The van der Waals surface area contributed by atoms with Gasteiger partial charge in [-0.2, -0.15) is 5.26 Å². The monoisotopic (exact) mass is 295 g/mol. The SMILES string of the molecule is N#Cc1ccc(Oc2cc3c(cc2B(O)O)B(O)OC3)cc1. The lowest BCUT2D eigenvalue weighted by molar-refractivity contribution is 0.275. The van der Waals surface area contributed by atoms with Crippen LogP contribution in [0.2, 0.25) is 0 Å². The van der Waals surface area contributed by atoms with Gasteiger partial charge >= 0.3 is 14.2 Å². The summed E-state index contributed by atoms with van der Waals surface area (Å²) in [6.07, 6.45) is 0. The molecule has 8 heteroatoms. The van der Waals surface area contributed by atoms with Gasteiger partial charge in [0.15, 0.2) is 0 Å². The van der Waals surface area contributed by atoms with Gasteiger partial charge in [0.1, 0.15) is 11.5 Å². The molecule has 3 rings (SSSR count). The Balaban J connectivity index is 1.97. The van der Waals surface area contributed by atoms with Crippen molar-refractivity contribution >= 4 is 25.2 Å². The van der Waals surface area contributed by atoms with E-state index in [2.05, 4.69) is 0 Å². The van der Waals surface area contributed by atoms with E-state index in [0.29, 0.717) is 16.8 Å². The van der Waals surface area contributed by atoms with Gasteiger partial charge < -0.3 is 24.5 Å². The Labute approximate surface area is 127 Å². The lowest BCUT2D eigenvalue weighted by atomic mass is 9.71. The molecule has 2 aromatic carbocycles. The Morgan fingerprint density at radius 3 is 2.59 bits per heavy atom. The highest BCUT2D eigenvalue weighted by Crippen LogP contribution is 2.23. The van der Waals surface area contributed by atoms with Crippen LogP contribution in [0.1, 0.15) is 11.1 Å². The minimum absolute atomic E-state index is 0.132.